The van der Waals surface area contributed by atoms with E-state index >= 15 is 0 Å². The summed E-state index contributed by atoms with van der Waals surface area (Å²) < 4.78 is 11.0. The van der Waals surface area contributed by atoms with Crippen molar-refractivity contribution in [1.82, 2.24) is 4.90 Å². The van der Waals surface area contributed by atoms with Gasteiger partial charge in [-0.05, 0) is 12.1 Å². The highest BCUT2D eigenvalue weighted by Gasteiger charge is 2.34. The first-order chi connectivity index (χ1) is 9.20. The summed E-state index contributed by atoms with van der Waals surface area (Å²) in [4.78, 5) is 15.6. The molecule has 2 amide bonds. The highest BCUT2D eigenvalue weighted by atomic mass is 16.6. The number of rotatable bonds is 2. The lowest BCUT2D eigenvalue weighted by Gasteiger charge is -2.21. The summed E-state index contributed by atoms with van der Waals surface area (Å²) in [6.45, 7) is 2.16. The van der Waals surface area contributed by atoms with Gasteiger partial charge in [-0.15, -0.1) is 0 Å². The van der Waals surface area contributed by atoms with Gasteiger partial charge in [0, 0.05) is 31.9 Å². The second kappa shape index (κ2) is 4.62. The zero-order valence-electron chi connectivity index (χ0n) is 10.8. The molecule has 1 aromatic rings. The molecule has 0 radical (unpaired) electrons. The smallest absolute Gasteiger partial charge is 0.324 e. The minimum atomic E-state index is -0.0351. The standard InChI is InChI=1S/C13H17N3O3/c1-15-10(7-14)8-16(13(15)17)9-2-3-11-12(6-9)19-5-4-18-11/h2-3,6,10H,4-5,7-8,14H2,1H3. The zero-order valence-corrected chi connectivity index (χ0v) is 10.8. The number of hydrogen-bond donors (Lipinski definition) is 1. The first-order valence-corrected chi connectivity index (χ1v) is 6.34. The van der Waals surface area contributed by atoms with Crippen LogP contribution in [-0.4, -0.2) is 50.3 Å². The molecule has 6 nitrogen and oxygen atoms in total. The number of ether oxygens (including phenoxy) is 2. The molecule has 2 aliphatic heterocycles. The topological polar surface area (TPSA) is 68.0 Å². The highest BCUT2D eigenvalue weighted by molar-refractivity contribution is 5.94. The average molecular weight is 263 g/mol. The van der Waals surface area contributed by atoms with E-state index in [1.807, 2.05) is 18.2 Å². The molecule has 0 spiro atoms. The van der Waals surface area contributed by atoms with Gasteiger partial charge < -0.3 is 20.1 Å². The number of nitrogens with two attached hydrogens (primary N) is 1. The number of anilines is 1. The minimum absolute atomic E-state index is 0.0351. The molecular formula is C13H17N3O3. The van der Waals surface area contributed by atoms with Crippen LogP contribution in [0.1, 0.15) is 0 Å². The number of fused-ring (bicyclic) bond motifs is 1. The van der Waals surface area contributed by atoms with Gasteiger partial charge in [0.25, 0.3) is 0 Å². The minimum Gasteiger partial charge on any atom is -0.486 e. The maximum Gasteiger partial charge on any atom is 0.324 e. The highest BCUT2D eigenvalue weighted by Crippen LogP contribution is 2.35. The van der Waals surface area contributed by atoms with Gasteiger partial charge in [0.2, 0.25) is 0 Å². The molecule has 2 N–H and O–H groups in total. The van der Waals surface area contributed by atoms with Crippen molar-refractivity contribution < 1.29 is 14.3 Å². The van der Waals surface area contributed by atoms with E-state index in [-0.39, 0.29) is 12.1 Å². The van der Waals surface area contributed by atoms with Gasteiger partial charge in [-0.3, -0.25) is 4.90 Å². The molecular weight excluding hydrogens is 246 g/mol. The van der Waals surface area contributed by atoms with E-state index < -0.39 is 0 Å². The van der Waals surface area contributed by atoms with Gasteiger partial charge >= 0.3 is 6.03 Å². The molecule has 6 heteroatoms. The predicted molar refractivity (Wildman–Crippen MR) is 70.8 cm³/mol. The monoisotopic (exact) mass is 263 g/mol. The lowest BCUT2D eigenvalue weighted by atomic mass is 10.2. The molecule has 2 aliphatic rings. The van der Waals surface area contributed by atoms with Crippen molar-refractivity contribution in [3.63, 3.8) is 0 Å². The Kier molecular flexibility index (Phi) is 2.94. The Bertz CT molecular complexity index is 506. The summed E-state index contributed by atoms with van der Waals surface area (Å²) >= 11 is 0. The summed E-state index contributed by atoms with van der Waals surface area (Å²) in [6, 6.07) is 5.58. The number of amides is 2. The van der Waals surface area contributed by atoms with Crippen molar-refractivity contribution in [2.45, 2.75) is 6.04 Å². The summed E-state index contributed by atoms with van der Waals surface area (Å²) in [5.41, 5.74) is 6.49. The maximum atomic E-state index is 12.2. The van der Waals surface area contributed by atoms with Crippen LogP contribution < -0.4 is 20.1 Å². The average Bonchev–Trinajstić information content (AvgIpc) is 2.74. The fourth-order valence-corrected chi connectivity index (χ4v) is 2.41. The van der Waals surface area contributed by atoms with Crippen LogP contribution in [0.25, 0.3) is 0 Å². The number of carbonyl (C=O) groups is 1. The molecule has 0 aliphatic carbocycles. The van der Waals surface area contributed by atoms with E-state index in [2.05, 4.69) is 0 Å². The SMILES string of the molecule is CN1C(=O)N(c2ccc3c(c2)OCCO3)CC1CN. The molecule has 0 bridgehead atoms. The lowest BCUT2D eigenvalue weighted by molar-refractivity contribution is 0.171. The van der Waals surface area contributed by atoms with Crippen molar-refractivity contribution in [2.75, 3.05) is 38.3 Å². The van der Waals surface area contributed by atoms with Crippen LogP contribution in [0.3, 0.4) is 0 Å². The normalized spacial score (nSPS) is 22.0. The number of benzene rings is 1. The molecule has 0 aromatic heterocycles. The Morgan fingerprint density at radius 2 is 2.05 bits per heavy atom. The summed E-state index contributed by atoms with van der Waals surface area (Å²) in [5.74, 6) is 1.42. The van der Waals surface area contributed by atoms with Crippen LogP contribution in [0.5, 0.6) is 11.5 Å². The van der Waals surface area contributed by atoms with Gasteiger partial charge in [0.05, 0.1) is 6.04 Å². The molecule has 1 unspecified atom stereocenters. The van der Waals surface area contributed by atoms with Crippen LogP contribution in [0.4, 0.5) is 10.5 Å². The number of nitrogens with zero attached hydrogens (tertiary/aromatic N) is 2. The molecule has 1 fully saturated rings. The molecule has 0 saturated carbocycles. The number of urea groups is 1. The van der Waals surface area contributed by atoms with Gasteiger partial charge in [-0.1, -0.05) is 0 Å². The Labute approximate surface area is 111 Å². The molecule has 2 heterocycles. The third-order valence-corrected chi connectivity index (χ3v) is 3.58. The van der Waals surface area contributed by atoms with E-state index in [9.17, 15) is 4.79 Å². The van der Waals surface area contributed by atoms with Crippen LogP contribution in [0, 0.1) is 0 Å². The maximum absolute atomic E-state index is 12.2. The van der Waals surface area contributed by atoms with Crippen LogP contribution in [-0.2, 0) is 0 Å². The van der Waals surface area contributed by atoms with Crippen LogP contribution in [0.2, 0.25) is 0 Å². The van der Waals surface area contributed by atoms with Crippen LogP contribution >= 0.6 is 0 Å². The molecule has 1 saturated heterocycles. The van der Waals surface area contributed by atoms with Crippen molar-refractivity contribution in [3.05, 3.63) is 18.2 Å². The first-order valence-electron chi connectivity index (χ1n) is 6.34. The predicted octanol–water partition coefficient (Wildman–Crippen LogP) is 0.657. The Balaban J connectivity index is 1.88. The number of carbonyl (C=O) groups excluding carboxylic acids is 1. The van der Waals surface area contributed by atoms with Gasteiger partial charge in [0.1, 0.15) is 13.2 Å². The molecule has 19 heavy (non-hydrogen) atoms. The van der Waals surface area contributed by atoms with Gasteiger partial charge in [0.15, 0.2) is 11.5 Å². The third-order valence-electron chi connectivity index (χ3n) is 3.58. The fourth-order valence-electron chi connectivity index (χ4n) is 2.41. The molecule has 102 valence electrons. The molecule has 1 atom stereocenters. The summed E-state index contributed by atoms with van der Waals surface area (Å²) in [7, 11) is 1.78. The van der Waals surface area contributed by atoms with Crippen molar-refractivity contribution in [1.29, 1.82) is 0 Å². The molecule has 1 aromatic carbocycles. The Morgan fingerprint density at radius 3 is 2.74 bits per heavy atom. The summed E-state index contributed by atoms with van der Waals surface area (Å²) in [5, 5.41) is 0. The van der Waals surface area contributed by atoms with E-state index in [0.717, 1.165) is 11.4 Å². The zero-order chi connectivity index (χ0) is 13.4. The first kappa shape index (κ1) is 12.1. The van der Waals surface area contributed by atoms with Crippen LogP contribution in [0.15, 0.2) is 18.2 Å². The van der Waals surface area contributed by atoms with Gasteiger partial charge in [-0.25, -0.2) is 4.79 Å². The van der Waals surface area contributed by atoms with Crippen molar-refractivity contribution >= 4 is 11.7 Å². The lowest BCUT2D eigenvalue weighted by Crippen LogP contribution is -2.35. The van der Waals surface area contributed by atoms with E-state index in [4.69, 9.17) is 15.2 Å². The quantitative estimate of drug-likeness (QED) is 0.851. The summed E-state index contributed by atoms with van der Waals surface area (Å²) in [6.07, 6.45) is 0. The second-order valence-electron chi connectivity index (χ2n) is 4.72. The Morgan fingerprint density at radius 1 is 1.32 bits per heavy atom. The number of hydrogen-bond acceptors (Lipinski definition) is 4. The second-order valence-corrected chi connectivity index (χ2v) is 4.72. The molecule has 3 rings (SSSR count). The number of likely N-dealkylation sites (N-methyl/N-ethyl adjacent to an activating group) is 1. The van der Waals surface area contributed by atoms with Crippen molar-refractivity contribution in [3.8, 4) is 11.5 Å². The van der Waals surface area contributed by atoms with Gasteiger partial charge in [-0.2, -0.15) is 0 Å². The Hall–Kier alpha value is -1.95. The largest absolute Gasteiger partial charge is 0.486 e. The third kappa shape index (κ3) is 1.98. The van der Waals surface area contributed by atoms with E-state index in [0.29, 0.717) is 32.1 Å². The van der Waals surface area contributed by atoms with Crippen molar-refractivity contribution in [2.24, 2.45) is 5.73 Å². The van der Waals surface area contributed by atoms with E-state index in [1.54, 1.807) is 16.8 Å². The fraction of sp³-hybridized carbons (Fsp3) is 0.462. The van der Waals surface area contributed by atoms with E-state index in [1.165, 1.54) is 0 Å².